The van der Waals surface area contributed by atoms with Crippen LogP contribution in [0.5, 0.6) is 0 Å². The van der Waals surface area contributed by atoms with Gasteiger partial charge in [0.15, 0.2) is 0 Å². The van der Waals surface area contributed by atoms with Gasteiger partial charge in [-0.05, 0) is 55.6 Å². The highest BCUT2D eigenvalue weighted by molar-refractivity contribution is 9.13. The predicted molar refractivity (Wildman–Crippen MR) is 86.9 cm³/mol. The van der Waals surface area contributed by atoms with E-state index >= 15 is 0 Å². The van der Waals surface area contributed by atoms with Crippen LogP contribution in [0.15, 0.2) is 55.1 Å². The molecule has 0 aliphatic carbocycles. The van der Waals surface area contributed by atoms with Crippen LogP contribution >= 0.6 is 31.9 Å². The minimum absolute atomic E-state index is 0.0502. The van der Waals surface area contributed by atoms with Gasteiger partial charge < -0.3 is 0 Å². The average Bonchev–Trinajstić information content (AvgIpc) is 2.39. The van der Waals surface area contributed by atoms with Crippen molar-refractivity contribution in [3.8, 4) is 11.1 Å². The van der Waals surface area contributed by atoms with E-state index in [0.717, 1.165) is 6.07 Å². The van der Waals surface area contributed by atoms with E-state index < -0.39 is 30.0 Å². The van der Waals surface area contributed by atoms with Gasteiger partial charge in [-0.2, -0.15) is 16.8 Å². The van der Waals surface area contributed by atoms with Gasteiger partial charge in [0.2, 0.25) is 0 Å². The molecule has 0 bridgehead atoms. The summed E-state index contributed by atoms with van der Waals surface area (Å²) in [5.41, 5.74) is 0.291. The Labute approximate surface area is 143 Å². The number of benzene rings is 2. The summed E-state index contributed by atoms with van der Waals surface area (Å²) < 4.78 is 65.8. The molecule has 2 N–H and O–H groups in total. The summed E-state index contributed by atoms with van der Waals surface area (Å²) in [6.07, 6.45) is 0. The van der Waals surface area contributed by atoms with Crippen LogP contribution in [0, 0.1) is 0 Å². The topological polar surface area (TPSA) is 109 Å². The van der Waals surface area contributed by atoms with Gasteiger partial charge >= 0.3 is 0 Å². The highest BCUT2D eigenvalue weighted by Crippen LogP contribution is 2.35. The zero-order valence-electron chi connectivity index (χ0n) is 10.6. The number of halogens is 2. The Bertz CT molecular complexity index is 952. The zero-order chi connectivity index (χ0) is 16.7. The lowest BCUT2D eigenvalue weighted by atomic mass is 10.1. The van der Waals surface area contributed by atoms with Gasteiger partial charge in [-0.3, -0.25) is 9.11 Å². The zero-order valence-corrected chi connectivity index (χ0v) is 15.4. The molecule has 2 rings (SSSR count). The third kappa shape index (κ3) is 3.58. The first-order valence-electron chi connectivity index (χ1n) is 5.55. The minimum atomic E-state index is -4.88. The highest BCUT2D eigenvalue weighted by atomic mass is 79.9. The van der Waals surface area contributed by atoms with Gasteiger partial charge in [-0.25, -0.2) is 0 Å². The molecule has 22 heavy (non-hydrogen) atoms. The Kier molecular flexibility index (Phi) is 4.81. The lowest BCUT2D eigenvalue weighted by molar-refractivity contribution is 0.467. The molecule has 0 aliphatic rings. The van der Waals surface area contributed by atoms with Gasteiger partial charge in [0.1, 0.15) is 9.79 Å². The van der Waals surface area contributed by atoms with Crippen molar-refractivity contribution in [3.05, 3.63) is 45.3 Å². The molecule has 0 saturated carbocycles. The first kappa shape index (κ1) is 17.6. The Hall–Kier alpha value is -0.780. The molecular weight excluding hydrogens is 464 g/mol. The fourth-order valence-corrected chi connectivity index (χ4v) is 4.51. The van der Waals surface area contributed by atoms with E-state index in [-0.39, 0.29) is 5.56 Å². The first-order chi connectivity index (χ1) is 10.0. The number of rotatable bonds is 3. The Balaban J connectivity index is 2.91. The first-order valence-corrected chi connectivity index (χ1v) is 10.0. The SMILES string of the molecule is O=S(=O)(O)c1cccc(-c2ccc(Br)c(Br)c2)c1S(=O)(=O)O. The standard InChI is InChI=1S/C12H8Br2O6S2/c13-9-5-4-7(6-10(9)14)8-2-1-3-11(21(15,16)17)12(8)22(18,19)20/h1-6H,(H,15,16,17)(H,18,19,20). The van der Waals surface area contributed by atoms with Gasteiger partial charge in [0.25, 0.3) is 20.2 Å². The summed E-state index contributed by atoms with van der Waals surface area (Å²) >= 11 is 6.51. The summed E-state index contributed by atoms with van der Waals surface area (Å²) in [5, 5.41) is 0. The Morgan fingerprint density at radius 1 is 0.818 bits per heavy atom. The van der Waals surface area contributed by atoms with Gasteiger partial charge in [0.05, 0.1) is 0 Å². The Morgan fingerprint density at radius 3 is 1.95 bits per heavy atom. The second-order valence-electron chi connectivity index (χ2n) is 4.21. The third-order valence-electron chi connectivity index (χ3n) is 2.75. The molecule has 2 aromatic rings. The van der Waals surface area contributed by atoms with Crippen LogP contribution in [0.3, 0.4) is 0 Å². The quantitative estimate of drug-likeness (QED) is 0.664. The van der Waals surface area contributed by atoms with Gasteiger partial charge in [0, 0.05) is 14.5 Å². The highest BCUT2D eigenvalue weighted by Gasteiger charge is 2.27. The van der Waals surface area contributed by atoms with Gasteiger partial charge in [-0.1, -0.05) is 18.2 Å². The molecule has 0 spiro atoms. The normalized spacial score (nSPS) is 12.4. The molecule has 0 saturated heterocycles. The molecular formula is C12H8Br2O6S2. The summed E-state index contributed by atoms with van der Waals surface area (Å²) in [6, 6.07) is 8.19. The van der Waals surface area contributed by atoms with E-state index in [0.29, 0.717) is 14.5 Å². The van der Waals surface area contributed by atoms with Gasteiger partial charge in [-0.15, -0.1) is 0 Å². The lowest BCUT2D eigenvalue weighted by Gasteiger charge is -2.11. The van der Waals surface area contributed by atoms with Crippen molar-refractivity contribution in [2.24, 2.45) is 0 Å². The summed E-state index contributed by atoms with van der Waals surface area (Å²) in [6.45, 7) is 0. The maximum Gasteiger partial charge on any atom is 0.296 e. The number of hydrogen-bond donors (Lipinski definition) is 2. The molecule has 0 fully saturated rings. The minimum Gasteiger partial charge on any atom is -0.282 e. The van der Waals surface area contributed by atoms with E-state index in [4.69, 9.17) is 0 Å². The van der Waals surface area contributed by atoms with Crippen molar-refractivity contribution in [1.29, 1.82) is 0 Å². The molecule has 0 heterocycles. The molecule has 0 atom stereocenters. The monoisotopic (exact) mass is 470 g/mol. The van der Waals surface area contributed by atoms with Crippen molar-refractivity contribution >= 4 is 52.1 Å². The molecule has 0 unspecified atom stereocenters. The second kappa shape index (κ2) is 6.02. The predicted octanol–water partition coefficient (Wildman–Crippen LogP) is 3.37. The fourth-order valence-electron chi connectivity index (χ4n) is 1.88. The van der Waals surface area contributed by atoms with Crippen LogP contribution in [0.4, 0.5) is 0 Å². The van der Waals surface area contributed by atoms with Crippen LogP contribution < -0.4 is 0 Å². The van der Waals surface area contributed by atoms with Crippen LogP contribution in [-0.4, -0.2) is 25.9 Å². The molecule has 10 heteroatoms. The van der Waals surface area contributed by atoms with Crippen molar-refractivity contribution in [2.45, 2.75) is 9.79 Å². The fraction of sp³-hybridized carbons (Fsp3) is 0. The largest absolute Gasteiger partial charge is 0.296 e. The van der Waals surface area contributed by atoms with Crippen LogP contribution in [0.1, 0.15) is 0 Å². The maximum absolute atomic E-state index is 11.6. The summed E-state index contributed by atoms with van der Waals surface area (Å²) in [7, 11) is -9.71. The summed E-state index contributed by atoms with van der Waals surface area (Å²) in [4.78, 5) is -1.75. The molecule has 2 aromatic carbocycles. The van der Waals surface area contributed by atoms with Crippen LogP contribution in [-0.2, 0) is 20.2 Å². The molecule has 118 valence electrons. The third-order valence-corrected chi connectivity index (χ3v) is 6.61. The van der Waals surface area contributed by atoms with E-state index in [9.17, 15) is 25.9 Å². The van der Waals surface area contributed by atoms with E-state index in [1.54, 1.807) is 12.1 Å². The molecule has 0 radical (unpaired) electrons. The number of hydrogen-bond acceptors (Lipinski definition) is 4. The molecule has 0 aliphatic heterocycles. The van der Waals surface area contributed by atoms with Crippen molar-refractivity contribution in [3.63, 3.8) is 0 Å². The smallest absolute Gasteiger partial charge is 0.282 e. The van der Waals surface area contributed by atoms with Crippen molar-refractivity contribution in [1.82, 2.24) is 0 Å². The molecule has 0 aromatic heterocycles. The van der Waals surface area contributed by atoms with Crippen molar-refractivity contribution < 1.29 is 25.9 Å². The van der Waals surface area contributed by atoms with Crippen molar-refractivity contribution in [2.75, 3.05) is 0 Å². The maximum atomic E-state index is 11.6. The van der Waals surface area contributed by atoms with Crippen LogP contribution in [0.25, 0.3) is 11.1 Å². The average molecular weight is 472 g/mol. The molecule has 0 amide bonds. The van der Waals surface area contributed by atoms with Crippen LogP contribution in [0.2, 0.25) is 0 Å². The Morgan fingerprint density at radius 2 is 1.45 bits per heavy atom. The lowest BCUT2D eigenvalue weighted by Crippen LogP contribution is -2.10. The van der Waals surface area contributed by atoms with E-state index in [2.05, 4.69) is 31.9 Å². The molecule has 6 nitrogen and oxygen atoms in total. The summed E-state index contributed by atoms with van der Waals surface area (Å²) in [5.74, 6) is 0. The van der Waals surface area contributed by atoms with E-state index in [1.165, 1.54) is 18.2 Å². The second-order valence-corrected chi connectivity index (χ2v) is 8.67. The van der Waals surface area contributed by atoms with E-state index in [1.807, 2.05) is 0 Å².